The van der Waals surface area contributed by atoms with Gasteiger partial charge in [-0.05, 0) is 30.4 Å². The van der Waals surface area contributed by atoms with Gasteiger partial charge >= 0.3 is 5.69 Å². The van der Waals surface area contributed by atoms with Crippen LogP contribution in [0.5, 0.6) is 0 Å². The summed E-state index contributed by atoms with van der Waals surface area (Å²) >= 11 is 0. The van der Waals surface area contributed by atoms with Gasteiger partial charge in [0.05, 0.1) is 30.3 Å². The predicted molar refractivity (Wildman–Crippen MR) is 83.0 cm³/mol. The summed E-state index contributed by atoms with van der Waals surface area (Å²) in [6.07, 6.45) is 4.80. The minimum Gasteiger partial charge on any atom is -0.389 e. The van der Waals surface area contributed by atoms with Crippen molar-refractivity contribution < 1.29 is 14.8 Å². The molecule has 0 spiro atoms. The van der Waals surface area contributed by atoms with Crippen LogP contribution in [0.25, 0.3) is 0 Å². The van der Waals surface area contributed by atoms with E-state index >= 15 is 0 Å². The Bertz CT molecular complexity index is 685. The Balaban J connectivity index is 1.55. The van der Waals surface area contributed by atoms with E-state index in [1.165, 1.54) is 28.2 Å². The summed E-state index contributed by atoms with van der Waals surface area (Å²) in [7, 11) is 0. The second-order valence-electron chi connectivity index (χ2n) is 5.74. The van der Waals surface area contributed by atoms with Crippen LogP contribution < -0.4 is 0 Å². The molecular weight excluding hydrogens is 298 g/mol. The number of nitro groups is 1. The molecule has 1 heterocycles. The van der Waals surface area contributed by atoms with E-state index in [1.54, 1.807) is 0 Å². The number of aryl methyl sites for hydroxylation is 1. The van der Waals surface area contributed by atoms with Gasteiger partial charge in [-0.1, -0.05) is 24.3 Å². The van der Waals surface area contributed by atoms with Crippen molar-refractivity contribution in [2.75, 3.05) is 6.61 Å². The molecule has 0 bridgehead atoms. The van der Waals surface area contributed by atoms with Crippen molar-refractivity contribution in [3.63, 3.8) is 0 Å². The van der Waals surface area contributed by atoms with Gasteiger partial charge in [0.15, 0.2) is 0 Å². The van der Waals surface area contributed by atoms with E-state index in [2.05, 4.69) is 17.2 Å². The van der Waals surface area contributed by atoms with Crippen molar-refractivity contribution in [2.45, 2.75) is 38.0 Å². The molecular formula is C16H19N3O4. The van der Waals surface area contributed by atoms with Crippen LogP contribution in [-0.2, 0) is 17.7 Å². The second kappa shape index (κ2) is 6.89. The maximum absolute atomic E-state index is 10.6. The molecule has 1 N–H and O–H groups in total. The van der Waals surface area contributed by atoms with Crippen LogP contribution in [0.1, 0.15) is 30.1 Å². The first-order valence-electron chi connectivity index (χ1n) is 7.68. The van der Waals surface area contributed by atoms with Crippen LogP contribution in [0.2, 0.25) is 0 Å². The summed E-state index contributed by atoms with van der Waals surface area (Å²) in [5.41, 5.74) is 2.42. The van der Waals surface area contributed by atoms with Gasteiger partial charge in [0, 0.05) is 0 Å². The summed E-state index contributed by atoms with van der Waals surface area (Å²) in [6, 6.07) is 8.22. The minimum absolute atomic E-state index is 0.00144. The molecule has 122 valence electrons. The molecule has 0 unspecified atom stereocenters. The lowest BCUT2D eigenvalue weighted by Gasteiger charge is -2.26. The average molecular weight is 317 g/mol. The topological polar surface area (TPSA) is 90.4 Å². The zero-order valence-electron chi connectivity index (χ0n) is 12.7. The van der Waals surface area contributed by atoms with Gasteiger partial charge in [-0.3, -0.25) is 14.8 Å². The Morgan fingerprint density at radius 3 is 3.09 bits per heavy atom. The van der Waals surface area contributed by atoms with Crippen LogP contribution in [0.4, 0.5) is 5.69 Å². The Morgan fingerprint density at radius 1 is 1.48 bits per heavy atom. The Morgan fingerprint density at radius 2 is 2.30 bits per heavy atom. The molecule has 1 aliphatic carbocycles. The van der Waals surface area contributed by atoms with Crippen LogP contribution in [0.15, 0.2) is 36.7 Å². The molecule has 23 heavy (non-hydrogen) atoms. The van der Waals surface area contributed by atoms with Crippen molar-refractivity contribution in [1.29, 1.82) is 0 Å². The molecule has 1 aromatic carbocycles. The number of aliphatic hydroxyl groups excluding tert-OH is 1. The summed E-state index contributed by atoms with van der Waals surface area (Å²) in [6.45, 7) is 0.342. The number of hydrogen-bond donors (Lipinski definition) is 1. The molecule has 0 saturated carbocycles. The summed E-state index contributed by atoms with van der Waals surface area (Å²) in [5.74, 6) is 0. The van der Waals surface area contributed by atoms with Crippen LogP contribution in [0.3, 0.4) is 0 Å². The minimum atomic E-state index is -0.761. The lowest BCUT2D eigenvalue weighted by molar-refractivity contribution is -0.385. The lowest BCUT2D eigenvalue weighted by Crippen LogP contribution is -2.24. The van der Waals surface area contributed by atoms with E-state index in [1.807, 2.05) is 12.1 Å². The molecule has 2 aromatic rings. The monoisotopic (exact) mass is 317 g/mol. The summed E-state index contributed by atoms with van der Waals surface area (Å²) < 4.78 is 7.23. The van der Waals surface area contributed by atoms with Crippen LogP contribution in [0, 0.1) is 10.1 Å². The van der Waals surface area contributed by atoms with E-state index in [9.17, 15) is 15.2 Å². The number of ether oxygens (including phenoxy) is 1. The normalized spacial score (nSPS) is 18.4. The average Bonchev–Trinajstić information content (AvgIpc) is 3.01. The lowest BCUT2D eigenvalue weighted by atomic mass is 9.89. The third kappa shape index (κ3) is 3.75. The van der Waals surface area contributed by atoms with E-state index in [-0.39, 0.29) is 24.9 Å². The maximum Gasteiger partial charge on any atom is 0.306 e. The van der Waals surface area contributed by atoms with Gasteiger partial charge in [0.1, 0.15) is 12.4 Å². The molecule has 0 saturated heterocycles. The highest BCUT2D eigenvalue weighted by Crippen LogP contribution is 2.32. The fourth-order valence-electron chi connectivity index (χ4n) is 2.93. The Hall–Kier alpha value is -2.25. The van der Waals surface area contributed by atoms with E-state index < -0.39 is 11.0 Å². The molecule has 7 heteroatoms. The molecule has 7 nitrogen and oxygen atoms in total. The smallest absolute Gasteiger partial charge is 0.306 e. The number of benzene rings is 1. The molecule has 0 radical (unpaired) electrons. The van der Waals surface area contributed by atoms with E-state index in [0.717, 1.165) is 19.3 Å². The number of nitrogens with zero attached hydrogens (tertiary/aromatic N) is 3. The maximum atomic E-state index is 10.6. The molecule has 3 rings (SSSR count). The van der Waals surface area contributed by atoms with Gasteiger partial charge in [-0.25, -0.2) is 0 Å². The number of aromatic nitrogens is 2. The number of rotatable bonds is 6. The van der Waals surface area contributed by atoms with Gasteiger partial charge in [-0.15, -0.1) is 0 Å². The van der Waals surface area contributed by atoms with Crippen LogP contribution in [-0.4, -0.2) is 32.5 Å². The molecule has 1 aliphatic rings. The van der Waals surface area contributed by atoms with Crippen molar-refractivity contribution in [3.8, 4) is 0 Å². The van der Waals surface area contributed by atoms with Crippen molar-refractivity contribution in [1.82, 2.24) is 9.78 Å². The van der Waals surface area contributed by atoms with Gasteiger partial charge in [0.25, 0.3) is 0 Å². The Labute approximate surface area is 133 Å². The van der Waals surface area contributed by atoms with Crippen molar-refractivity contribution in [2.24, 2.45) is 0 Å². The van der Waals surface area contributed by atoms with Crippen molar-refractivity contribution in [3.05, 3.63) is 57.9 Å². The number of aliphatic hydroxyl groups is 1. The van der Waals surface area contributed by atoms with Gasteiger partial charge < -0.3 is 9.84 Å². The molecule has 0 amide bonds. The predicted octanol–water partition coefficient (Wildman–Crippen LogP) is 2.25. The zero-order chi connectivity index (χ0) is 16.2. The largest absolute Gasteiger partial charge is 0.389 e. The SMILES string of the molecule is O=[N+]([O-])c1cnn(C[C@H](O)CO[C@@H]2CCCc3ccccc32)c1. The fourth-order valence-corrected chi connectivity index (χ4v) is 2.93. The highest BCUT2D eigenvalue weighted by Gasteiger charge is 2.21. The Kier molecular flexibility index (Phi) is 4.68. The third-order valence-electron chi connectivity index (χ3n) is 4.03. The van der Waals surface area contributed by atoms with Gasteiger partial charge in [0.2, 0.25) is 0 Å². The molecule has 2 atom stereocenters. The summed E-state index contributed by atoms with van der Waals surface area (Å²) in [4.78, 5) is 10.1. The molecule has 0 fully saturated rings. The zero-order valence-corrected chi connectivity index (χ0v) is 12.7. The number of fused-ring (bicyclic) bond motifs is 1. The first kappa shape index (κ1) is 15.6. The first-order valence-corrected chi connectivity index (χ1v) is 7.68. The second-order valence-corrected chi connectivity index (χ2v) is 5.74. The van der Waals surface area contributed by atoms with E-state index in [0.29, 0.717) is 0 Å². The summed E-state index contributed by atoms with van der Waals surface area (Å²) in [5, 5.41) is 24.6. The number of hydrogen-bond acceptors (Lipinski definition) is 5. The molecule has 1 aromatic heterocycles. The first-order chi connectivity index (χ1) is 11.1. The van der Waals surface area contributed by atoms with Crippen molar-refractivity contribution >= 4 is 5.69 Å². The standard InChI is InChI=1S/C16H19N3O4/c20-14(10-18-9-13(8-17-18)19(21)22)11-23-16-7-3-5-12-4-1-2-6-15(12)16/h1-2,4,6,8-9,14,16,20H,3,5,7,10-11H2/t14-,16+/m0/s1. The van der Waals surface area contributed by atoms with Crippen LogP contribution >= 0.6 is 0 Å². The molecule has 0 aliphatic heterocycles. The quantitative estimate of drug-likeness (QED) is 0.652. The highest BCUT2D eigenvalue weighted by molar-refractivity contribution is 5.31. The highest BCUT2D eigenvalue weighted by atomic mass is 16.6. The third-order valence-corrected chi connectivity index (χ3v) is 4.03. The fraction of sp³-hybridized carbons (Fsp3) is 0.438. The van der Waals surface area contributed by atoms with E-state index in [4.69, 9.17) is 4.74 Å². The van der Waals surface area contributed by atoms with Gasteiger partial charge in [-0.2, -0.15) is 5.10 Å².